The van der Waals surface area contributed by atoms with E-state index in [1.54, 1.807) is 0 Å². The molecule has 93 heavy (non-hydrogen) atoms. The Hall–Kier alpha value is -9.99. The molecule has 12 aromatic carbocycles. The summed E-state index contributed by atoms with van der Waals surface area (Å²) in [5, 5.41) is 13.4. The van der Waals surface area contributed by atoms with E-state index in [1.807, 2.05) is 0 Å². The van der Waals surface area contributed by atoms with E-state index in [0.717, 1.165) is 221 Å². The fourth-order valence-corrected chi connectivity index (χ4v) is 16.7. The van der Waals surface area contributed by atoms with Crippen LogP contribution in [-0.2, 0) is 21.1 Å². The second-order valence-electron chi connectivity index (χ2n) is 26.8. The molecule has 8 bridgehead atoms. The quantitative estimate of drug-likeness (QED) is 0.176. The summed E-state index contributed by atoms with van der Waals surface area (Å²) in [6.45, 7) is 27.1. The average molecular weight is 1380 g/mol. The summed E-state index contributed by atoms with van der Waals surface area (Å²) in [5.41, 5.74) is 34.0. The van der Waals surface area contributed by atoms with Gasteiger partial charge in [-0.1, -0.05) is 168 Å². The number of aromatic nitrogens is 4. The maximum atomic E-state index is 6.41. The number of rotatable bonds is 4. The molecule has 0 spiro atoms. The van der Waals surface area contributed by atoms with Crippen molar-refractivity contribution in [2.24, 2.45) is 0 Å². The van der Waals surface area contributed by atoms with Gasteiger partial charge in [0.15, 0.2) is 0 Å². The second-order valence-corrected chi connectivity index (χ2v) is 26.8. The summed E-state index contributed by atoms with van der Waals surface area (Å²) >= 11 is 0. The molecular weight excluding hydrogens is 1310 g/mol. The monoisotopic (exact) mass is 1380 g/mol. The molecule has 4 heterocycles. The van der Waals surface area contributed by atoms with Crippen LogP contribution in [0.1, 0.15) is 66.8 Å². The van der Waals surface area contributed by atoms with Gasteiger partial charge in [-0.2, -0.15) is 0 Å². The third-order valence-electron chi connectivity index (χ3n) is 20.1. The predicted molar refractivity (Wildman–Crippen MR) is 391 cm³/mol. The molecule has 0 radical (unpaired) electrons. The first-order valence-electron chi connectivity index (χ1n) is 32.3. The van der Waals surface area contributed by atoms with Gasteiger partial charge < -0.3 is 9.97 Å². The Morgan fingerprint density at radius 1 is 0.215 bits per heavy atom. The van der Waals surface area contributed by atoms with E-state index in [1.165, 1.54) is 22.3 Å². The molecule has 1 aliphatic carbocycles. The maximum Gasteiger partial charge on any atom is 2.00 e. The third kappa shape index (κ3) is 8.96. The maximum absolute atomic E-state index is 6.41. The van der Waals surface area contributed by atoms with Crippen molar-refractivity contribution in [2.45, 2.75) is 83.1 Å². The van der Waals surface area contributed by atoms with Crippen molar-refractivity contribution in [3.8, 4) is 89.5 Å². The smallest absolute Gasteiger partial charge is 0.656 e. The molecule has 0 atom stereocenters. The van der Waals surface area contributed by atoms with Crippen LogP contribution in [0.25, 0.3) is 176 Å². The van der Waals surface area contributed by atoms with E-state index in [2.05, 4.69) is 277 Å². The van der Waals surface area contributed by atoms with E-state index >= 15 is 0 Å². The molecule has 0 saturated heterocycles. The van der Waals surface area contributed by atoms with Crippen LogP contribution in [0.15, 0.2) is 194 Å². The molecule has 0 unspecified atom stereocenters. The molecule has 0 fully saturated rings. The Balaban J connectivity index is 0.00000686. The van der Waals surface area contributed by atoms with Crippen LogP contribution in [0.4, 0.5) is 0 Å². The van der Waals surface area contributed by atoms with Gasteiger partial charge in [-0.05, 0) is 285 Å². The molecule has 2 aromatic heterocycles. The molecule has 14 aromatic rings. The summed E-state index contributed by atoms with van der Waals surface area (Å²) in [5.74, 6) is 0. The van der Waals surface area contributed by atoms with Crippen LogP contribution in [0, 0.1) is 83.1 Å². The minimum Gasteiger partial charge on any atom is -0.656 e. The van der Waals surface area contributed by atoms with Gasteiger partial charge in [0.1, 0.15) is 0 Å². The van der Waals surface area contributed by atoms with Gasteiger partial charge in [0.2, 0.25) is 0 Å². The van der Waals surface area contributed by atoms with Crippen molar-refractivity contribution < 1.29 is 21.1 Å². The van der Waals surface area contributed by atoms with Crippen LogP contribution in [0.3, 0.4) is 0 Å². The number of benzene rings is 12. The van der Waals surface area contributed by atoms with E-state index < -0.39 is 0 Å². The molecule has 17 rings (SSSR count). The summed E-state index contributed by atoms with van der Waals surface area (Å²) in [6.07, 6.45) is 0. The van der Waals surface area contributed by atoms with Crippen molar-refractivity contribution in [2.75, 3.05) is 0 Å². The Labute approximate surface area is 557 Å². The van der Waals surface area contributed by atoms with E-state index in [4.69, 9.17) is 19.9 Å². The molecule has 5 heteroatoms. The first-order chi connectivity index (χ1) is 44.5. The fourth-order valence-electron chi connectivity index (χ4n) is 16.7. The van der Waals surface area contributed by atoms with Crippen molar-refractivity contribution in [1.82, 2.24) is 19.9 Å². The summed E-state index contributed by atoms with van der Waals surface area (Å²) in [4.78, 5) is 25.6. The Morgan fingerprint density at radius 3 is 0.570 bits per heavy atom. The Morgan fingerprint density at radius 2 is 0.387 bits per heavy atom. The number of hydrogen-bond acceptors (Lipinski definition) is 2. The summed E-state index contributed by atoms with van der Waals surface area (Å²) < 4.78 is 0. The predicted octanol–water partition coefficient (Wildman–Crippen LogP) is 23.5. The standard InChI is InChI=1S/C88H68N4.Pt/c1-45-29-49(5)73(50(6)30-45)77-81-65-37-57-21-13-15-23-59(57)39-67(65)83(89-81)78(74-51(7)31-46(2)32-52(74)8)85-69-41-61-25-17-19-27-63(61)43-71(69)87(91-85)80(76-55(11)35-48(4)36-56(76)12)88-72-44-64-28-20-18-26-62(64)42-70(72)86(92-88)79(75-53(9)33-47(3)34-54(75)10)84-68-40-60-24-16-14-22-58(60)38-66(68)82(77)90-84;/h13-44H,1-12H3;/q-2;+2. The summed E-state index contributed by atoms with van der Waals surface area (Å²) in [7, 11) is 0. The summed E-state index contributed by atoms with van der Waals surface area (Å²) in [6, 6.07) is 73.2. The number of aryl methyl sites for hydroxylation is 12. The van der Waals surface area contributed by atoms with E-state index in [9.17, 15) is 0 Å². The first kappa shape index (κ1) is 58.1. The van der Waals surface area contributed by atoms with Crippen molar-refractivity contribution in [3.05, 3.63) is 261 Å². The van der Waals surface area contributed by atoms with Gasteiger partial charge in [-0.15, -0.1) is 22.1 Å². The number of hydrogen-bond donors (Lipinski definition) is 0. The molecule has 0 saturated carbocycles. The normalized spacial score (nSPS) is 12.0. The second kappa shape index (κ2) is 21.6. The van der Waals surface area contributed by atoms with Gasteiger partial charge in [0.25, 0.3) is 0 Å². The zero-order chi connectivity index (χ0) is 62.9. The number of nitrogens with zero attached hydrogens (tertiary/aromatic N) is 4. The largest absolute Gasteiger partial charge is 2.00 e. The molecule has 0 N–H and O–H groups in total. The first-order valence-corrected chi connectivity index (χ1v) is 32.3. The van der Waals surface area contributed by atoms with E-state index in [-0.39, 0.29) is 21.1 Å². The number of fused-ring (bicyclic) bond motifs is 4. The van der Waals surface area contributed by atoms with Gasteiger partial charge in [-0.3, -0.25) is 0 Å². The molecule has 0 amide bonds. The zero-order valence-corrected chi connectivity index (χ0v) is 56.9. The third-order valence-corrected chi connectivity index (χ3v) is 20.1. The Bertz CT molecular complexity index is 5210. The van der Waals surface area contributed by atoms with Crippen molar-refractivity contribution in [3.63, 3.8) is 0 Å². The van der Waals surface area contributed by atoms with Crippen molar-refractivity contribution >= 4 is 86.7 Å². The van der Waals surface area contributed by atoms with Crippen LogP contribution < -0.4 is 9.97 Å². The van der Waals surface area contributed by atoms with Gasteiger partial charge >= 0.3 is 21.1 Å². The Kier molecular flexibility index (Phi) is 13.5. The van der Waals surface area contributed by atoms with Crippen LogP contribution in [-0.4, -0.2) is 9.97 Å². The molecular formula is C88H68N4Pt. The fraction of sp³-hybridized carbons (Fsp3) is 0.136. The zero-order valence-electron chi connectivity index (χ0n) is 54.6. The van der Waals surface area contributed by atoms with Crippen LogP contribution in [0.5, 0.6) is 0 Å². The van der Waals surface area contributed by atoms with Gasteiger partial charge in [0.05, 0.1) is 22.8 Å². The van der Waals surface area contributed by atoms with E-state index in [0.29, 0.717) is 0 Å². The van der Waals surface area contributed by atoms with Gasteiger partial charge in [0, 0.05) is 22.3 Å². The van der Waals surface area contributed by atoms with Crippen LogP contribution in [0.2, 0.25) is 0 Å². The van der Waals surface area contributed by atoms with Crippen molar-refractivity contribution in [1.29, 1.82) is 0 Å². The minimum atomic E-state index is 0. The molecule has 3 aliphatic rings. The SMILES string of the molecule is Cc1cc(C)c(-c2c3nc(c(-c4c(C)cc(C)cc4C)c4[n-]c(c(-c5c(C)cc(C)cc5C)c5nc(c(-c6c(C)cc(C)cc6C)c6[n-]c2c2cc7ccccc7cc62)-c2cc6ccccc6cc2-5)c2cc5ccccc5cc42)-c2cc4ccccc4cc2-3)c(C)c1.[Pt+2]. The molecule has 2 aliphatic heterocycles. The molecule has 4 nitrogen and oxygen atoms in total. The average Bonchev–Trinajstić information content (AvgIpc) is 1.56. The molecule has 450 valence electrons. The topological polar surface area (TPSA) is 54.0 Å². The minimum absolute atomic E-state index is 0. The van der Waals surface area contributed by atoms with Gasteiger partial charge in [-0.25, -0.2) is 9.97 Å². The van der Waals surface area contributed by atoms with Crippen LogP contribution >= 0.6 is 0 Å².